The topological polar surface area (TPSA) is 65.1 Å². The lowest BCUT2D eigenvalue weighted by Gasteiger charge is -2.35. The van der Waals surface area contributed by atoms with Crippen molar-refractivity contribution in [2.45, 2.75) is 25.8 Å². The number of carbonyl (C=O) groups excluding carboxylic acids is 2. The fraction of sp³-hybridized carbons (Fsp3) is 0.304. The molecule has 0 aromatic heterocycles. The Hall–Kier alpha value is -3.28. The molecule has 2 aromatic carbocycles. The molecule has 1 amide bonds. The van der Waals surface area contributed by atoms with E-state index in [2.05, 4.69) is 0 Å². The van der Waals surface area contributed by atoms with E-state index in [4.69, 9.17) is 14.2 Å². The van der Waals surface area contributed by atoms with E-state index in [1.165, 1.54) is 6.08 Å². The summed E-state index contributed by atoms with van der Waals surface area (Å²) in [6.45, 7) is 1.70. The van der Waals surface area contributed by atoms with Gasteiger partial charge in [0.1, 0.15) is 11.5 Å². The first-order valence-electron chi connectivity index (χ1n) is 9.50. The van der Waals surface area contributed by atoms with Crippen LogP contribution in [0.2, 0.25) is 0 Å². The minimum atomic E-state index is -0.589. The van der Waals surface area contributed by atoms with Crippen molar-refractivity contribution in [3.63, 3.8) is 0 Å². The predicted molar refractivity (Wildman–Crippen MR) is 111 cm³/mol. The summed E-state index contributed by atoms with van der Waals surface area (Å²) >= 11 is 0. The monoisotopic (exact) mass is 395 g/mol. The molecule has 0 N–H and O–H groups in total. The normalized spacial score (nSPS) is 15.7. The largest absolute Gasteiger partial charge is 0.497 e. The minimum absolute atomic E-state index is 0.0650. The molecule has 2 aromatic rings. The summed E-state index contributed by atoms with van der Waals surface area (Å²) in [5, 5.41) is 0. The quantitative estimate of drug-likeness (QED) is 0.552. The molecule has 0 fully saturated rings. The molecule has 1 aliphatic heterocycles. The third-order valence-corrected chi connectivity index (χ3v) is 4.97. The standard InChI is InChI=1S/C23H25NO5/c1-16-8-9-17-6-4-5-7-20(17)24(16)22(25)15-29-23(26)13-11-18-10-12-19(27-2)14-21(18)28-3/h4-7,10-14,16H,8-9,15H2,1-3H3/b13-11+. The van der Waals surface area contributed by atoms with Gasteiger partial charge in [-0.25, -0.2) is 4.79 Å². The zero-order valence-electron chi connectivity index (χ0n) is 16.9. The zero-order valence-corrected chi connectivity index (χ0v) is 16.9. The average molecular weight is 395 g/mol. The van der Waals surface area contributed by atoms with Crippen LogP contribution in [-0.2, 0) is 20.7 Å². The number of ether oxygens (including phenoxy) is 3. The highest BCUT2D eigenvalue weighted by Gasteiger charge is 2.28. The SMILES string of the molecule is COc1ccc(/C=C/C(=O)OCC(=O)N2c3ccccc3CCC2C)c(OC)c1. The van der Waals surface area contributed by atoms with E-state index in [1.807, 2.05) is 31.2 Å². The smallest absolute Gasteiger partial charge is 0.331 e. The fourth-order valence-electron chi connectivity index (χ4n) is 3.43. The molecule has 6 heteroatoms. The van der Waals surface area contributed by atoms with Crippen molar-refractivity contribution in [1.82, 2.24) is 0 Å². The number of carbonyl (C=O) groups is 2. The van der Waals surface area contributed by atoms with E-state index >= 15 is 0 Å². The summed E-state index contributed by atoms with van der Waals surface area (Å²) < 4.78 is 15.6. The number of para-hydroxylation sites is 1. The van der Waals surface area contributed by atoms with Crippen molar-refractivity contribution in [3.05, 3.63) is 59.7 Å². The summed E-state index contributed by atoms with van der Waals surface area (Å²) in [7, 11) is 3.11. The highest BCUT2D eigenvalue weighted by atomic mass is 16.5. The molecular formula is C23H25NO5. The molecule has 29 heavy (non-hydrogen) atoms. The first kappa shape index (κ1) is 20.5. The lowest BCUT2D eigenvalue weighted by molar-refractivity contribution is -0.143. The summed E-state index contributed by atoms with van der Waals surface area (Å²) in [6.07, 6.45) is 4.69. The van der Waals surface area contributed by atoms with Gasteiger partial charge in [0.2, 0.25) is 0 Å². The van der Waals surface area contributed by atoms with Gasteiger partial charge < -0.3 is 19.1 Å². The Morgan fingerprint density at radius 1 is 1.14 bits per heavy atom. The number of anilines is 1. The van der Waals surface area contributed by atoms with Crippen LogP contribution in [-0.4, -0.2) is 38.7 Å². The maximum absolute atomic E-state index is 12.7. The molecule has 6 nitrogen and oxygen atoms in total. The van der Waals surface area contributed by atoms with Crippen LogP contribution in [0.3, 0.4) is 0 Å². The number of nitrogens with zero attached hydrogens (tertiary/aromatic N) is 1. The molecule has 1 aliphatic rings. The first-order valence-corrected chi connectivity index (χ1v) is 9.50. The van der Waals surface area contributed by atoms with Crippen LogP contribution in [0.1, 0.15) is 24.5 Å². The molecular weight excluding hydrogens is 370 g/mol. The average Bonchev–Trinajstić information content (AvgIpc) is 2.75. The fourth-order valence-corrected chi connectivity index (χ4v) is 3.43. The Morgan fingerprint density at radius 3 is 2.69 bits per heavy atom. The molecule has 0 saturated heterocycles. The number of hydrogen-bond donors (Lipinski definition) is 0. The number of methoxy groups -OCH3 is 2. The molecule has 0 aliphatic carbocycles. The predicted octanol–water partition coefficient (Wildman–Crippen LogP) is 3.63. The second kappa shape index (κ2) is 9.28. The maximum atomic E-state index is 12.7. The van der Waals surface area contributed by atoms with Gasteiger partial charge in [-0.3, -0.25) is 4.79 Å². The molecule has 0 spiro atoms. The Bertz CT molecular complexity index is 921. The molecule has 0 bridgehead atoms. The van der Waals surface area contributed by atoms with Crippen LogP contribution in [0.5, 0.6) is 11.5 Å². The van der Waals surface area contributed by atoms with Gasteiger partial charge in [0, 0.05) is 29.4 Å². The molecule has 1 heterocycles. The highest BCUT2D eigenvalue weighted by Crippen LogP contribution is 2.30. The molecule has 3 rings (SSSR count). The van der Waals surface area contributed by atoms with Crippen LogP contribution in [0.15, 0.2) is 48.5 Å². The van der Waals surface area contributed by atoms with Crippen molar-refractivity contribution < 1.29 is 23.8 Å². The molecule has 0 radical (unpaired) electrons. The van der Waals surface area contributed by atoms with Gasteiger partial charge in [0.15, 0.2) is 6.61 Å². The Labute approximate surface area is 170 Å². The minimum Gasteiger partial charge on any atom is -0.497 e. The van der Waals surface area contributed by atoms with Crippen molar-refractivity contribution in [2.75, 3.05) is 25.7 Å². The zero-order chi connectivity index (χ0) is 20.8. The lowest BCUT2D eigenvalue weighted by Crippen LogP contribution is -2.44. The van der Waals surface area contributed by atoms with Crippen LogP contribution >= 0.6 is 0 Å². The third kappa shape index (κ3) is 4.77. The summed E-state index contributed by atoms with van der Waals surface area (Å²) in [4.78, 5) is 26.5. The number of amides is 1. The van der Waals surface area contributed by atoms with Crippen LogP contribution < -0.4 is 14.4 Å². The van der Waals surface area contributed by atoms with Crippen molar-refractivity contribution in [1.29, 1.82) is 0 Å². The molecule has 152 valence electrons. The molecule has 1 unspecified atom stereocenters. The van der Waals surface area contributed by atoms with Crippen molar-refractivity contribution >= 4 is 23.6 Å². The van der Waals surface area contributed by atoms with E-state index < -0.39 is 5.97 Å². The van der Waals surface area contributed by atoms with Gasteiger partial charge in [-0.1, -0.05) is 18.2 Å². The second-order valence-electron chi connectivity index (χ2n) is 6.83. The van der Waals surface area contributed by atoms with Gasteiger partial charge >= 0.3 is 5.97 Å². The van der Waals surface area contributed by atoms with Gasteiger partial charge in [0.05, 0.1) is 14.2 Å². The highest BCUT2D eigenvalue weighted by molar-refractivity contribution is 5.98. The third-order valence-electron chi connectivity index (χ3n) is 4.97. The number of hydrogen-bond acceptors (Lipinski definition) is 5. The Morgan fingerprint density at radius 2 is 1.93 bits per heavy atom. The van der Waals surface area contributed by atoms with E-state index in [0.29, 0.717) is 17.1 Å². The Balaban J connectivity index is 1.62. The number of esters is 1. The van der Waals surface area contributed by atoms with Gasteiger partial charge in [-0.15, -0.1) is 0 Å². The maximum Gasteiger partial charge on any atom is 0.331 e. The van der Waals surface area contributed by atoms with Crippen molar-refractivity contribution in [3.8, 4) is 11.5 Å². The van der Waals surface area contributed by atoms with E-state index in [1.54, 1.807) is 43.4 Å². The number of fused-ring (bicyclic) bond motifs is 1. The van der Waals surface area contributed by atoms with E-state index in [0.717, 1.165) is 24.1 Å². The number of aryl methyl sites for hydroxylation is 1. The van der Waals surface area contributed by atoms with Gasteiger partial charge in [0.25, 0.3) is 5.91 Å². The summed E-state index contributed by atoms with van der Waals surface area (Å²) in [5.74, 6) is 0.411. The van der Waals surface area contributed by atoms with Crippen LogP contribution in [0, 0.1) is 0 Å². The van der Waals surface area contributed by atoms with Crippen molar-refractivity contribution in [2.24, 2.45) is 0 Å². The molecule has 0 saturated carbocycles. The summed E-state index contributed by atoms with van der Waals surface area (Å²) in [5.41, 5.74) is 2.73. The lowest BCUT2D eigenvalue weighted by atomic mass is 9.96. The Kier molecular flexibility index (Phi) is 6.54. The first-order chi connectivity index (χ1) is 14.0. The van der Waals surface area contributed by atoms with Gasteiger partial charge in [-0.05, 0) is 49.6 Å². The van der Waals surface area contributed by atoms with E-state index in [-0.39, 0.29) is 18.6 Å². The van der Waals surface area contributed by atoms with Crippen LogP contribution in [0.25, 0.3) is 6.08 Å². The van der Waals surface area contributed by atoms with Gasteiger partial charge in [-0.2, -0.15) is 0 Å². The number of benzene rings is 2. The van der Waals surface area contributed by atoms with E-state index in [9.17, 15) is 9.59 Å². The number of rotatable bonds is 6. The van der Waals surface area contributed by atoms with Crippen LogP contribution in [0.4, 0.5) is 5.69 Å². The summed E-state index contributed by atoms with van der Waals surface area (Å²) in [6, 6.07) is 13.2. The second-order valence-corrected chi connectivity index (χ2v) is 6.83. The molecule has 1 atom stereocenters.